The normalized spacial score (nSPS) is 21.6. The van der Waals surface area contributed by atoms with Gasteiger partial charge in [-0.15, -0.1) is 0 Å². The second-order valence-electron chi connectivity index (χ2n) is 1.02. The number of alkyl halides is 1. The van der Waals surface area contributed by atoms with Crippen LogP contribution in [0.2, 0.25) is 0 Å². The third-order valence-electron chi connectivity index (χ3n) is 0. The largest absolute Gasteiger partial charge is 0.350 e. The fourth-order valence-corrected chi connectivity index (χ4v) is 0. The molecule has 0 radical (unpaired) electrons. The van der Waals surface area contributed by atoms with Crippen molar-refractivity contribution >= 4 is 0 Å². The molecule has 3 heteroatoms. The van der Waals surface area contributed by atoms with E-state index in [1.165, 1.54) is 0 Å². The average Bonchev–Trinajstić information content (AvgIpc) is 0.722. The van der Waals surface area contributed by atoms with Gasteiger partial charge in [0, 0.05) is 6.92 Å². The summed E-state index contributed by atoms with van der Waals surface area (Å²) < 4.78 is 11.0. The van der Waals surface area contributed by atoms with Crippen molar-refractivity contribution in [3.05, 3.63) is 0 Å². The van der Waals surface area contributed by atoms with Gasteiger partial charge in [0.05, 0.1) is 0 Å². The molecule has 0 aliphatic rings. The van der Waals surface area contributed by atoms with Crippen LogP contribution in [0.5, 0.6) is 0 Å². The summed E-state index contributed by atoms with van der Waals surface area (Å²) in [7, 11) is 0. The second kappa shape index (κ2) is 0.914. The SMILES string of the molecule is C[C@@](N)(O)F. The summed E-state index contributed by atoms with van der Waals surface area (Å²) in [6.07, 6.45) is 0. The van der Waals surface area contributed by atoms with E-state index in [1.807, 2.05) is 0 Å². The van der Waals surface area contributed by atoms with Crippen LogP contribution in [0.1, 0.15) is 6.92 Å². The Balaban J connectivity index is 3.02. The molecule has 32 valence electrons. The topological polar surface area (TPSA) is 46.2 Å². The highest BCUT2D eigenvalue weighted by Gasteiger charge is 2.05. The number of hydrogen-bond acceptors (Lipinski definition) is 2. The lowest BCUT2D eigenvalue weighted by atomic mass is 10.7. The van der Waals surface area contributed by atoms with Crippen molar-refractivity contribution in [3.63, 3.8) is 0 Å². The molecule has 0 bridgehead atoms. The Morgan fingerprint density at radius 3 is 2.00 bits per heavy atom. The lowest BCUT2D eigenvalue weighted by Crippen LogP contribution is -2.28. The van der Waals surface area contributed by atoms with Gasteiger partial charge in [0.2, 0.25) is 0 Å². The average molecular weight is 79.1 g/mol. The monoisotopic (exact) mass is 79.0 g/mol. The summed E-state index contributed by atoms with van der Waals surface area (Å²) in [6, 6.07) is 0. The molecular formula is C2H6FNO. The zero-order chi connectivity index (χ0) is 4.50. The van der Waals surface area contributed by atoms with Gasteiger partial charge in [-0.2, -0.15) is 4.39 Å². The van der Waals surface area contributed by atoms with E-state index in [2.05, 4.69) is 5.73 Å². The molecule has 0 aromatic rings. The molecule has 0 unspecified atom stereocenters. The van der Waals surface area contributed by atoms with E-state index in [-0.39, 0.29) is 0 Å². The first-order chi connectivity index (χ1) is 2.00. The molecule has 0 saturated heterocycles. The Bertz CT molecular complexity index is 25.1. The van der Waals surface area contributed by atoms with Crippen molar-refractivity contribution in [3.8, 4) is 0 Å². The van der Waals surface area contributed by atoms with Gasteiger partial charge in [-0.3, -0.25) is 5.73 Å². The van der Waals surface area contributed by atoms with Gasteiger partial charge < -0.3 is 5.11 Å². The van der Waals surface area contributed by atoms with Crippen LogP contribution in [0.15, 0.2) is 0 Å². The van der Waals surface area contributed by atoms with Crippen LogP contribution < -0.4 is 5.73 Å². The van der Waals surface area contributed by atoms with Crippen LogP contribution in [0.25, 0.3) is 0 Å². The molecule has 0 rings (SSSR count). The number of hydrogen-bond donors (Lipinski definition) is 2. The first kappa shape index (κ1) is 4.85. The van der Waals surface area contributed by atoms with Gasteiger partial charge in [0.1, 0.15) is 0 Å². The minimum absolute atomic E-state index is 0.854. The van der Waals surface area contributed by atoms with Gasteiger partial charge in [0.25, 0.3) is 5.98 Å². The fourth-order valence-electron chi connectivity index (χ4n) is 0. The molecule has 3 N–H and O–H groups in total. The lowest BCUT2D eigenvalue weighted by molar-refractivity contribution is -0.0636. The molecule has 0 saturated carbocycles. The predicted molar refractivity (Wildman–Crippen MR) is 15.9 cm³/mol. The highest BCUT2D eigenvalue weighted by molar-refractivity contribution is 4.35. The van der Waals surface area contributed by atoms with Crippen molar-refractivity contribution in [2.75, 3.05) is 0 Å². The van der Waals surface area contributed by atoms with Crippen LogP contribution in [-0.4, -0.2) is 11.1 Å². The minimum atomic E-state index is -2.50. The standard InChI is InChI=1S/C2H6FNO/c1-2(3,4)5/h5H,4H2,1H3/t2-/m1/s1. The van der Waals surface area contributed by atoms with E-state index in [0.29, 0.717) is 0 Å². The molecule has 0 fully saturated rings. The van der Waals surface area contributed by atoms with E-state index in [9.17, 15) is 4.39 Å². The molecule has 0 aliphatic carbocycles. The van der Waals surface area contributed by atoms with Crippen molar-refractivity contribution < 1.29 is 9.50 Å². The third-order valence-corrected chi connectivity index (χ3v) is 0. The quantitative estimate of drug-likeness (QED) is 0.306. The highest BCUT2D eigenvalue weighted by Crippen LogP contribution is 1.87. The first-order valence-electron chi connectivity index (χ1n) is 1.20. The maximum absolute atomic E-state index is 11.0. The van der Waals surface area contributed by atoms with Gasteiger partial charge in [-0.05, 0) is 0 Å². The van der Waals surface area contributed by atoms with Crippen molar-refractivity contribution in [2.45, 2.75) is 12.9 Å². The molecule has 5 heavy (non-hydrogen) atoms. The van der Waals surface area contributed by atoms with E-state index in [0.717, 1.165) is 6.92 Å². The molecule has 2 nitrogen and oxygen atoms in total. The fraction of sp³-hybridized carbons (Fsp3) is 1.00. The molecular weight excluding hydrogens is 73.0 g/mol. The molecule has 1 atom stereocenters. The summed E-state index contributed by atoms with van der Waals surface area (Å²) in [5.74, 6) is -2.50. The molecule has 0 heterocycles. The molecule has 0 spiro atoms. The number of aliphatic hydroxyl groups is 1. The van der Waals surface area contributed by atoms with Crippen LogP contribution in [0.3, 0.4) is 0 Å². The van der Waals surface area contributed by atoms with Gasteiger partial charge >= 0.3 is 0 Å². The van der Waals surface area contributed by atoms with E-state index in [4.69, 9.17) is 5.11 Å². The van der Waals surface area contributed by atoms with Crippen LogP contribution in [0, 0.1) is 0 Å². The third kappa shape index (κ3) is 586. The Morgan fingerprint density at radius 1 is 2.00 bits per heavy atom. The van der Waals surface area contributed by atoms with Crippen LogP contribution in [-0.2, 0) is 0 Å². The summed E-state index contributed by atoms with van der Waals surface area (Å²) in [5, 5.41) is 7.63. The van der Waals surface area contributed by atoms with Crippen LogP contribution in [0.4, 0.5) is 4.39 Å². The van der Waals surface area contributed by atoms with Crippen molar-refractivity contribution in [2.24, 2.45) is 5.73 Å². The van der Waals surface area contributed by atoms with E-state index >= 15 is 0 Å². The lowest BCUT2D eigenvalue weighted by Gasteiger charge is -1.99. The molecule has 0 aliphatic heterocycles. The highest BCUT2D eigenvalue weighted by atomic mass is 19.2. The summed E-state index contributed by atoms with van der Waals surface area (Å²) in [5.41, 5.74) is 4.24. The van der Waals surface area contributed by atoms with Gasteiger partial charge in [-0.1, -0.05) is 0 Å². The summed E-state index contributed by atoms with van der Waals surface area (Å²) in [6.45, 7) is 0.854. The Hall–Kier alpha value is -0.150. The maximum atomic E-state index is 11.0. The molecule has 0 aromatic carbocycles. The Kier molecular flexibility index (Phi) is 0.886. The number of rotatable bonds is 0. The Labute approximate surface area is 29.4 Å². The maximum Gasteiger partial charge on any atom is 0.258 e. The van der Waals surface area contributed by atoms with E-state index < -0.39 is 5.98 Å². The number of halogens is 1. The molecule has 0 amide bonds. The van der Waals surface area contributed by atoms with E-state index in [1.54, 1.807) is 0 Å². The zero-order valence-electron chi connectivity index (χ0n) is 2.90. The molecule has 0 aromatic heterocycles. The zero-order valence-corrected chi connectivity index (χ0v) is 2.90. The van der Waals surface area contributed by atoms with Crippen molar-refractivity contribution in [1.29, 1.82) is 0 Å². The smallest absolute Gasteiger partial charge is 0.258 e. The minimum Gasteiger partial charge on any atom is -0.350 e. The first-order valence-corrected chi connectivity index (χ1v) is 1.20. The summed E-state index contributed by atoms with van der Waals surface area (Å²) in [4.78, 5) is 0. The summed E-state index contributed by atoms with van der Waals surface area (Å²) >= 11 is 0. The van der Waals surface area contributed by atoms with Crippen molar-refractivity contribution in [1.82, 2.24) is 0 Å². The van der Waals surface area contributed by atoms with Crippen LogP contribution >= 0.6 is 0 Å². The van der Waals surface area contributed by atoms with Gasteiger partial charge in [0.15, 0.2) is 0 Å². The van der Waals surface area contributed by atoms with Gasteiger partial charge in [-0.25, -0.2) is 0 Å². The Morgan fingerprint density at radius 2 is 2.00 bits per heavy atom. The predicted octanol–water partition coefficient (Wildman–Crippen LogP) is -0.419. The second-order valence-corrected chi connectivity index (χ2v) is 1.02. The number of nitrogens with two attached hydrogens (primary N) is 1.